The summed E-state index contributed by atoms with van der Waals surface area (Å²) in [6.45, 7) is 0. The lowest BCUT2D eigenvalue weighted by Gasteiger charge is -2.04. The molecule has 0 aliphatic rings. The van der Waals surface area contributed by atoms with E-state index in [1.807, 2.05) is 0 Å². The molecule has 2 aromatic carbocycles. The molecule has 0 aliphatic carbocycles. The van der Waals surface area contributed by atoms with E-state index in [1.54, 1.807) is 0 Å². The Bertz CT molecular complexity index is 628. The van der Waals surface area contributed by atoms with Gasteiger partial charge in [-0.1, -0.05) is 11.6 Å². The number of ketones is 1. The van der Waals surface area contributed by atoms with Gasteiger partial charge in [0, 0.05) is 10.6 Å². The Kier molecular flexibility index (Phi) is 3.30. The number of carbonyl (C=O) groups is 1. The zero-order chi connectivity index (χ0) is 13.3. The third kappa shape index (κ3) is 2.33. The van der Waals surface area contributed by atoms with Gasteiger partial charge in [-0.15, -0.1) is 0 Å². The van der Waals surface area contributed by atoms with E-state index in [0.29, 0.717) is 0 Å². The van der Waals surface area contributed by atoms with Crippen molar-refractivity contribution in [2.75, 3.05) is 5.73 Å². The number of hydrogen-bond donors (Lipinski definition) is 1. The number of rotatable bonds is 2. The number of nitrogen functional groups attached to an aromatic ring is 1. The average molecular weight is 268 g/mol. The van der Waals surface area contributed by atoms with Crippen molar-refractivity contribution in [3.63, 3.8) is 0 Å². The van der Waals surface area contributed by atoms with Crippen LogP contribution in [0.2, 0.25) is 5.02 Å². The maximum Gasteiger partial charge on any atom is 0.196 e. The minimum absolute atomic E-state index is 0.0165. The molecule has 2 aromatic rings. The quantitative estimate of drug-likeness (QED) is 0.669. The molecule has 0 saturated carbocycles. The topological polar surface area (TPSA) is 43.1 Å². The third-order valence-corrected chi connectivity index (χ3v) is 2.67. The van der Waals surface area contributed by atoms with E-state index in [2.05, 4.69) is 0 Å². The molecule has 0 spiro atoms. The Morgan fingerprint density at radius 1 is 1.06 bits per heavy atom. The second-order valence-corrected chi connectivity index (χ2v) is 4.13. The fourth-order valence-electron chi connectivity index (χ4n) is 1.50. The number of anilines is 1. The average Bonchev–Trinajstić information content (AvgIpc) is 2.35. The molecular weight excluding hydrogens is 260 g/mol. The van der Waals surface area contributed by atoms with E-state index in [0.717, 1.165) is 12.1 Å². The lowest BCUT2D eigenvalue weighted by molar-refractivity contribution is 0.103. The normalized spacial score (nSPS) is 10.4. The van der Waals surface area contributed by atoms with Crippen molar-refractivity contribution in [2.45, 2.75) is 0 Å². The van der Waals surface area contributed by atoms with Gasteiger partial charge >= 0.3 is 0 Å². The molecule has 2 rings (SSSR count). The van der Waals surface area contributed by atoms with Gasteiger partial charge in [0.2, 0.25) is 0 Å². The van der Waals surface area contributed by atoms with E-state index < -0.39 is 17.4 Å². The standard InChI is InChI=1S/C13H8ClF2NO/c14-8-2-3-10(15)9(6-8)13(18)7-1-4-12(17)11(16)5-7/h1-6H,17H2. The van der Waals surface area contributed by atoms with Crippen LogP contribution in [-0.2, 0) is 0 Å². The molecule has 0 aliphatic heterocycles. The fourth-order valence-corrected chi connectivity index (χ4v) is 1.67. The van der Waals surface area contributed by atoms with Crippen LogP contribution in [0.5, 0.6) is 0 Å². The van der Waals surface area contributed by atoms with Gasteiger partial charge < -0.3 is 5.73 Å². The zero-order valence-corrected chi connectivity index (χ0v) is 9.84. The van der Waals surface area contributed by atoms with Gasteiger partial charge in [0.15, 0.2) is 5.78 Å². The van der Waals surface area contributed by atoms with E-state index in [1.165, 1.54) is 24.3 Å². The molecule has 0 fully saturated rings. The van der Waals surface area contributed by atoms with Crippen molar-refractivity contribution in [3.8, 4) is 0 Å². The van der Waals surface area contributed by atoms with Crippen LogP contribution in [0.1, 0.15) is 15.9 Å². The van der Waals surface area contributed by atoms with Gasteiger partial charge in [0.05, 0.1) is 11.3 Å². The Labute approximate surface area is 107 Å². The summed E-state index contributed by atoms with van der Waals surface area (Å²) < 4.78 is 26.7. The highest BCUT2D eigenvalue weighted by Crippen LogP contribution is 2.20. The van der Waals surface area contributed by atoms with Crippen molar-refractivity contribution < 1.29 is 13.6 Å². The molecule has 0 bridgehead atoms. The van der Waals surface area contributed by atoms with Gasteiger partial charge in [-0.25, -0.2) is 8.78 Å². The SMILES string of the molecule is Nc1ccc(C(=O)c2cc(Cl)ccc2F)cc1F. The molecule has 0 radical (unpaired) electrons. The molecule has 2 nitrogen and oxygen atoms in total. The Morgan fingerprint density at radius 3 is 2.44 bits per heavy atom. The summed E-state index contributed by atoms with van der Waals surface area (Å²) in [5.41, 5.74) is 5.04. The summed E-state index contributed by atoms with van der Waals surface area (Å²) in [7, 11) is 0. The van der Waals surface area contributed by atoms with Crippen LogP contribution < -0.4 is 5.73 Å². The Morgan fingerprint density at radius 2 is 1.78 bits per heavy atom. The van der Waals surface area contributed by atoms with Crippen LogP contribution in [0.3, 0.4) is 0 Å². The number of carbonyl (C=O) groups excluding carboxylic acids is 1. The summed E-state index contributed by atoms with van der Waals surface area (Å²) in [5.74, 6) is -2.07. The molecule has 0 amide bonds. The molecule has 0 unspecified atom stereocenters. The van der Waals surface area contributed by atoms with Gasteiger partial charge in [-0.05, 0) is 36.4 Å². The summed E-state index contributed by atoms with van der Waals surface area (Å²) in [6.07, 6.45) is 0. The first kappa shape index (κ1) is 12.5. The van der Waals surface area contributed by atoms with Gasteiger partial charge in [-0.3, -0.25) is 4.79 Å². The predicted octanol–water partition coefficient (Wildman–Crippen LogP) is 3.43. The lowest BCUT2D eigenvalue weighted by Crippen LogP contribution is -2.05. The fraction of sp³-hybridized carbons (Fsp3) is 0. The van der Waals surface area contributed by atoms with Crippen molar-refractivity contribution in [1.29, 1.82) is 0 Å². The number of hydrogen-bond acceptors (Lipinski definition) is 2. The van der Waals surface area contributed by atoms with Crippen molar-refractivity contribution >= 4 is 23.1 Å². The summed E-state index contributed by atoms with van der Waals surface area (Å²) in [4.78, 5) is 12.0. The second kappa shape index (κ2) is 4.74. The highest BCUT2D eigenvalue weighted by Gasteiger charge is 2.15. The first-order chi connectivity index (χ1) is 8.49. The van der Waals surface area contributed by atoms with Crippen LogP contribution in [0.25, 0.3) is 0 Å². The van der Waals surface area contributed by atoms with Crippen LogP contribution in [-0.4, -0.2) is 5.78 Å². The lowest BCUT2D eigenvalue weighted by atomic mass is 10.0. The summed E-state index contributed by atoms with van der Waals surface area (Å²) in [5, 5.41) is 0.232. The molecule has 0 heterocycles. The minimum atomic E-state index is -0.719. The molecule has 0 saturated heterocycles. The highest BCUT2D eigenvalue weighted by atomic mass is 35.5. The van der Waals surface area contributed by atoms with Crippen molar-refractivity contribution in [3.05, 3.63) is 64.2 Å². The van der Waals surface area contributed by atoms with Gasteiger partial charge in [-0.2, -0.15) is 0 Å². The smallest absolute Gasteiger partial charge is 0.196 e. The first-order valence-corrected chi connectivity index (χ1v) is 5.41. The number of halogens is 3. The molecule has 0 atom stereocenters. The second-order valence-electron chi connectivity index (χ2n) is 3.69. The minimum Gasteiger partial charge on any atom is -0.396 e. The van der Waals surface area contributed by atoms with E-state index in [4.69, 9.17) is 17.3 Å². The van der Waals surface area contributed by atoms with E-state index in [9.17, 15) is 13.6 Å². The summed E-state index contributed by atoms with van der Waals surface area (Å²) >= 11 is 5.69. The van der Waals surface area contributed by atoms with Crippen molar-refractivity contribution in [1.82, 2.24) is 0 Å². The van der Waals surface area contributed by atoms with Crippen LogP contribution in [0.15, 0.2) is 36.4 Å². The Hall–Kier alpha value is -1.94. The van der Waals surface area contributed by atoms with Crippen LogP contribution in [0, 0.1) is 11.6 Å². The zero-order valence-electron chi connectivity index (χ0n) is 9.08. The highest BCUT2D eigenvalue weighted by molar-refractivity contribution is 6.31. The maximum atomic E-state index is 13.5. The largest absolute Gasteiger partial charge is 0.396 e. The predicted molar refractivity (Wildman–Crippen MR) is 65.7 cm³/mol. The van der Waals surface area contributed by atoms with Gasteiger partial charge in [0.1, 0.15) is 11.6 Å². The Balaban J connectivity index is 2.47. The van der Waals surface area contributed by atoms with Gasteiger partial charge in [0.25, 0.3) is 0 Å². The number of nitrogens with two attached hydrogens (primary N) is 1. The maximum absolute atomic E-state index is 13.5. The molecule has 0 aromatic heterocycles. The summed E-state index contributed by atoms with van der Waals surface area (Å²) in [6, 6.07) is 7.18. The van der Waals surface area contributed by atoms with E-state index in [-0.39, 0.29) is 21.8 Å². The molecular formula is C13H8ClF2NO. The monoisotopic (exact) mass is 267 g/mol. The number of benzene rings is 2. The molecule has 5 heteroatoms. The van der Waals surface area contributed by atoms with Crippen molar-refractivity contribution in [2.24, 2.45) is 0 Å². The van der Waals surface area contributed by atoms with E-state index >= 15 is 0 Å². The van der Waals surface area contributed by atoms with Crippen LogP contribution in [0.4, 0.5) is 14.5 Å². The molecule has 18 heavy (non-hydrogen) atoms. The van der Waals surface area contributed by atoms with Crippen LogP contribution >= 0.6 is 11.6 Å². The molecule has 2 N–H and O–H groups in total. The first-order valence-electron chi connectivity index (χ1n) is 5.04. The molecule has 92 valence electrons. The third-order valence-electron chi connectivity index (χ3n) is 2.44.